The van der Waals surface area contributed by atoms with Crippen LogP contribution in [-0.4, -0.2) is 25.4 Å². The molecule has 4 aliphatic rings. The van der Waals surface area contributed by atoms with E-state index in [0.717, 1.165) is 33.9 Å². The fraction of sp³-hybridized carbons (Fsp3) is 0.429. The average Bonchev–Trinajstić information content (AvgIpc) is 3.71. The molecule has 2 aromatic rings. The van der Waals surface area contributed by atoms with Crippen LogP contribution in [-0.2, 0) is 15.1 Å². The molecule has 2 aromatic carbocycles. The van der Waals surface area contributed by atoms with E-state index in [2.05, 4.69) is 71.9 Å². The molecule has 3 aliphatic heterocycles. The Morgan fingerprint density at radius 1 is 1.00 bits per heavy atom. The van der Waals surface area contributed by atoms with Crippen LogP contribution in [0.4, 0.5) is 0 Å². The minimum atomic E-state index is -0.360. The van der Waals surface area contributed by atoms with E-state index in [1.807, 2.05) is 0 Å². The summed E-state index contributed by atoms with van der Waals surface area (Å²) in [6, 6.07) is 10.7. The number of hydrogen-bond acceptors (Lipinski definition) is 4. The van der Waals surface area contributed by atoms with Crippen molar-refractivity contribution >= 4 is 0 Å². The Labute approximate surface area is 189 Å². The van der Waals surface area contributed by atoms with Gasteiger partial charge in [0.1, 0.15) is 34.6 Å². The smallest absolute Gasteiger partial charge is 0.138 e. The second-order valence-electron chi connectivity index (χ2n) is 10.0. The lowest BCUT2D eigenvalue weighted by atomic mass is 9.70. The number of hydrogen-bond donors (Lipinski definition) is 0. The number of epoxide rings is 2. The molecule has 0 spiro atoms. The molecule has 0 amide bonds. The third-order valence-corrected chi connectivity index (χ3v) is 8.13. The highest BCUT2D eigenvalue weighted by Crippen LogP contribution is 2.64. The molecule has 4 nitrogen and oxygen atoms in total. The Balaban J connectivity index is 1.72. The first-order chi connectivity index (χ1) is 15.2. The summed E-state index contributed by atoms with van der Waals surface area (Å²) in [5.74, 6) is 2.75. The number of ether oxygens (including phenoxy) is 4. The van der Waals surface area contributed by atoms with E-state index in [1.165, 1.54) is 27.8 Å². The lowest BCUT2D eigenvalue weighted by molar-refractivity contribution is 0.303. The van der Waals surface area contributed by atoms with Crippen LogP contribution in [0.1, 0.15) is 61.4 Å². The maximum Gasteiger partial charge on any atom is 0.138 e. The quantitative estimate of drug-likeness (QED) is 0.574. The van der Waals surface area contributed by atoms with Gasteiger partial charge in [0, 0.05) is 22.6 Å². The standard InChI is InChI=1S/C28H30O4/c1-14-15(2)23-20(25(29-7)21(14)27(5)13-30-27)19(18-11-9-8-10-12-18)22-24(31-23)16(3)17(4)26-28(22,6)32-26/h8-12,19,26H,13H2,1-7H3. The van der Waals surface area contributed by atoms with Gasteiger partial charge in [0.25, 0.3) is 0 Å². The Kier molecular flexibility index (Phi) is 3.93. The first kappa shape index (κ1) is 20.1. The third-order valence-electron chi connectivity index (χ3n) is 8.13. The maximum absolute atomic E-state index is 6.80. The van der Waals surface area contributed by atoms with E-state index < -0.39 is 0 Å². The molecule has 0 bridgehead atoms. The van der Waals surface area contributed by atoms with E-state index >= 15 is 0 Å². The van der Waals surface area contributed by atoms with Crippen molar-refractivity contribution in [2.75, 3.05) is 13.7 Å². The van der Waals surface area contributed by atoms with E-state index in [9.17, 15) is 0 Å². The van der Waals surface area contributed by atoms with Gasteiger partial charge in [-0.15, -0.1) is 0 Å². The predicted octanol–water partition coefficient (Wildman–Crippen LogP) is 5.84. The van der Waals surface area contributed by atoms with Crippen molar-refractivity contribution in [2.24, 2.45) is 0 Å². The minimum absolute atomic E-state index is 0.0108. The third kappa shape index (κ3) is 2.40. The lowest BCUT2D eigenvalue weighted by Crippen LogP contribution is -2.32. The Hall–Kier alpha value is -2.56. The lowest BCUT2D eigenvalue weighted by Gasteiger charge is -2.38. The van der Waals surface area contributed by atoms with Crippen LogP contribution in [0.25, 0.3) is 0 Å². The molecule has 4 heteroatoms. The average molecular weight is 431 g/mol. The minimum Gasteiger partial charge on any atom is -0.496 e. The van der Waals surface area contributed by atoms with Gasteiger partial charge in [0.2, 0.25) is 0 Å². The molecule has 32 heavy (non-hydrogen) atoms. The molecule has 166 valence electrons. The molecular weight excluding hydrogens is 400 g/mol. The molecule has 4 atom stereocenters. The number of rotatable bonds is 3. The van der Waals surface area contributed by atoms with Crippen molar-refractivity contribution in [2.45, 2.75) is 64.8 Å². The Morgan fingerprint density at radius 3 is 2.31 bits per heavy atom. The normalized spacial score (nSPS) is 32.1. The zero-order valence-corrected chi connectivity index (χ0v) is 19.9. The largest absolute Gasteiger partial charge is 0.496 e. The van der Waals surface area contributed by atoms with Crippen molar-refractivity contribution < 1.29 is 18.9 Å². The molecule has 3 heterocycles. The highest BCUT2D eigenvalue weighted by molar-refractivity contribution is 5.71. The van der Waals surface area contributed by atoms with Crippen molar-refractivity contribution in [3.8, 4) is 11.5 Å². The predicted molar refractivity (Wildman–Crippen MR) is 123 cm³/mol. The van der Waals surface area contributed by atoms with Crippen LogP contribution in [0.15, 0.2) is 52.8 Å². The maximum atomic E-state index is 6.80. The summed E-state index contributed by atoms with van der Waals surface area (Å²) in [6.07, 6.45) is 0.110. The summed E-state index contributed by atoms with van der Waals surface area (Å²) in [6.45, 7) is 13.7. The van der Waals surface area contributed by atoms with Crippen LogP contribution in [0, 0.1) is 13.8 Å². The molecule has 0 saturated carbocycles. The van der Waals surface area contributed by atoms with E-state index in [-0.39, 0.29) is 23.2 Å². The first-order valence-electron chi connectivity index (χ1n) is 11.4. The summed E-state index contributed by atoms with van der Waals surface area (Å²) in [7, 11) is 1.76. The SMILES string of the molecule is COc1c2c(c(C)c(C)c1C1(C)CO1)OC1=C(C2c2ccccc2)C2(C)OC2C(C)=C1C. The van der Waals surface area contributed by atoms with E-state index in [4.69, 9.17) is 18.9 Å². The van der Waals surface area contributed by atoms with Gasteiger partial charge in [0.05, 0.1) is 13.7 Å². The molecule has 4 unspecified atom stereocenters. The summed E-state index contributed by atoms with van der Waals surface area (Å²) in [5.41, 5.74) is 8.76. The summed E-state index contributed by atoms with van der Waals surface area (Å²) in [4.78, 5) is 0. The monoisotopic (exact) mass is 430 g/mol. The topological polar surface area (TPSA) is 43.5 Å². The zero-order chi connectivity index (χ0) is 22.6. The fourth-order valence-corrected chi connectivity index (χ4v) is 5.96. The van der Waals surface area contributed by atoms with Crippen LogP contribution >= 0.6 is 0 Å². The van der Waals surface area contributed by atoms with Gasteiger partial charge in [-0.2, -0.15) is 0 Å². The first-order valence-corrected chi connectivity index (χ1v) is 11.4. The summed E-state index contributed by atoms with van der Waals surface area (Å²) in [5, 5.41) is 0. The molecule has 1 aliphatic carbocycles. The molecule has 0 radical (unpaired) electrons. The highest BCUT2D eigenvalue weighted by atomic mass is 16.6. The second kappa shape index (κ2) is 6.27. The molecule has 2 fully saturated rings. The van der Waals surface area contributed by atoms with Gasteiger partial charge < -0.3 is 18.9 Å². The van der Waals surface area contributed by atoms with Crippen molar-refractivity contribution in [1.29, 1.82) is 0 Å². The van der Waals surface area contributed by atoms with Gasteiger partial charge in [0.15, 0.2) is 0 Å². The summed E-state index contributed by atoms with van der Waals surface area (Å²) >= 11 is 0. The number of fused-ring (bicyclic) bond motifs is 3. The van der Waals surface area contributed by atoms with Crippen LogP contribution < -0.4 is 9.47 Å². The fourth-order valence-electron chi connectivity index (χ4n) is 5.96. The number of benzene rings is 2. The molecule has 2 saturated heterocycles. The van der Waals surface area contributed by atoms with Gasteiger partial charge in [-0.1, -0.05) is 30.3 Å². The van der Waals surface area contributed by atoms with Gasteiger partial charge in [-0.05, 0) is 69.4 Å². The highest BCUT2D eigenvalue weighted by Gasteiger charge is 2.63. The second-order valence-corrected chi connectivity index (χ2v) is 10.0. The van der Waals surface area contributed by atoms with Gasteiger partial charge in [-0.3, -0.25) is 0 Å². The summed E-state index contributed by atoms with van der Waals surface area (Å²) < 4.78 is 25.2. The van der Waals surface area contributed by atoms with E-state index in [1.54, 1.807) is 7.11 Å². The molecule has 6 rings (SSSR count). The van der Waals surface area contributed by atoms with Crippen molar-refractivity contribution in [3.05, 3.63) is 80.6 Å². The number of allylic oxidation sites excluding steroid dienone is 1. The van der Waals surface area contributed by atoms with Crippen molar-refractivity contribution in [3.63, 3.8) is 0 Å². The molecule has 0 N–H and O–H groups in total. The molecule has 0 aromatic heterocycles. The van der Waals surface area contributed by atoms with Crippen LogP contribution in [0.5, 0.6) is 11.5 Å². The van der Waals surface area contributed by atoms with Gasteiger partial charge >= 0.3 is 0 Å². The number of methoxy groups -OCH3 is 1. The molecular formula is C28H30O4. The van der Waals surface area contributed by atoms with Crippen molar-refractivity contribution in [1.82, 2.24) is 0 Å². The zero-order valence-electron chi connectivity index (χ0n) is 19.9. The Morgan fingerprint density at radius 2 is 1.69 bits per heavy atom. The van der Waals surface area contributed by atoms with E-state index in [0.29, 0.717) is 6.61 Å². The Bertz CT molecular complexity index is 1230. The van der Waals surface area contributed by atoms with Crippen LogP contribution in [0.3, 0.4) is 0 Å². The van der Waals surface area contributed by atoms with Crippen LogP contribution in [0.2, 0.25) is 0 Å². The van der Waals surface area contributed by atoms with Gasteiger partial charge in [-0.25, -0.2) is 0 Å².